The van der Waals surface area contributed by atoms with Crippen molar-refractivity contribution >= 4 is 62.0 Å². The second-order valence-corrected chi connectivity index (χ2v) is 10.3. The highest BCUT2D eigenvalue weighted by Crippen LogP contribution is 2.35. The minimum atomic E-state index is -0.0633. The summed E-state index contributed by atoms with van der Waals surface area (Å²) in [6, 6.07) is 13.7. The van der Waals surface area contributed by atoms with Crippen molar-refractivity contribution in [3.63, 3.8) is 0 Å². The van der Waals surface area contributed by atoms with Crippen LogP contribution in [0.2, 0.25) is 0 Å². The largest absolute Gasteiger partial charge is 0.495 e. The number of thiazole rings is 1. The number of hydrogen-bond acceptors (Lipinski definition) is 9. The van der Waals surface area contributed by atoms with Crippen LogP contribution in [-0.4, -0.2) is 28.2 Å². The van der Waals surface area contributed by atoms with Crippen LogP contribution in [0.1, 0.15) is 23.7 Å². The number of thioether (sulfide) groups is 1. The quantitative estimate of drug-likeness (QED) is 0.284. The molecule has 0 saturated heterocycles. The summed E-state index contributed by atoms with van der Waals surface area (Å²) in [6.07, 6.45) is 0. The molecular weight excluding hydrogens is 474 g/mol. The van der Waals surface area contributed by atoms with E-state index in [0.717, 1.165) is 38.3 Å². The van der Waals surface area contributed by atoms with Crippen molar-refractivity contribution in [2.45, 2.75) is 30.9 Å². The molecule has 0 atom stereocenters. The fraction of sp³-hybridized carbons (Fsp3) is 0.217. The summed E-state index contributed by atoms with van der Waals surface area (Å²) < 4.78 is 6.20. The first-order valence-electron chi connectivity index (χ1n) is 10.1. The number of benzene rings is 2. The van der Waals surface area contributed by atoms with Crippen LogP contribution < -0.4 is 15.0 Å². The minimum Gasteiger partial charge on any atom is -0.495 e. The number of ether oxygens (including phenoxy) is 1. The molecule has 10 heteroatoms. The number of carbonyl (C=O) groups is 1. The van der Waals surface area contributed by atoms with Crippen LogP contribution >= 0.6 is 34.4 Å². The van der Waals surface area contributed by atoms with E-state index in [-0.39, 0.29) is 5.91 Å². The molecule has 0 spiro atoms. The first-order chi connectivity index (χ1) is 15.9. The number of para-hydroxylation sites is 2. The highest BCUT2D eigenvalue weighted by atomic mass is 32.2. The highest BCUT2D eigenvalue weighted by Gasteiger charge is 2.20. The molecule has 4 rings (SSSR count). The summed E-state index contributed by atoms with van der Waals surface area (Å²) in [7, 11) is 1.64. The fourth-order valence-corrected chi connectivity index (χ4v) is 5.89. The maximum atomic E-state index is 12.4. The van der Waals surface area contributed by atoms with Crippen LogP contribution in [0.5, 0.6) is 5.75 Å². The Kier molecular flexibility index (Phi) is 7.26. The zero-order valence-electron chi connectivity index (χ0n) is 18.7. The normalized spacial score (nSPS) is 10.8. The summed E-state index contributed by atoms with van der Waals surface area (Å²) in [5.74, 6) is 1.32. The lowest BCUT2D eigenvalue weighted by Crippen LogP contribution is -2.23. The van der Waals surface area contributed by atoms with Gasteiger partial charge in [0, 0.05) is 18.1 Å². The van der Waals surface area contributed by atoms with Gasteiger partial charge < -0.3 is 10.1 Å². The van der Waals surface area contributed by atoms with Gasteiger partial charge in [-0.2, -0.15) is 0 Å². The SMILES string of the molecule is COc1ccccc1Nc1nnc(SCc2csc(N(C(C)=O)c3ccc(C)cc3C)n2)s1. The van der Waals surface area contributed by atoms with Gasteiger partial charge in [0.05, 0.1) is 24.2 Å². The van der Waals surface area contributed by atoms with Crippen molar-refractivity contribution in [1.29, 1.82) is 0 Å². The summed E-state index contributed by atoms with van der Waals surface area (Å²) in [4.78, 5) is 18.8. The van der Waals surface area contributed by atoms with E-state index >= 15 is 0 Å². The molecule has 0 saturated carbocycles. The number of aryl methyl sites for hydroxylation is 2. The molecule has 1 amide bonds. The average molecular weight is 498 g/mol. The van der Waals surface area contributed by atoms with Gasteiger partial charge in [-0.25, -0.2) is 4.98 Å². The number of nitrogens with one attached hydrogen (secondary N) is 1. The van der Waals surface area contributed by atoms with Crippen LogP contribution in [-0.2, 0) is 10.5 Å². The first kappa shape index (κ1) is 23.2. The number of nitrogens with zero attached hydrogens (tertiary/aromatic N) is 4. The van der Waals surface area contributed by atoms with Crippen LogP contribution in [0.3, 0.4) is 0 Å². The third kappa shape index (κ3) is 5.52. The molecule has 2 aromatic heterocycles. The Morgan fingerprint density at radius 3 is 2.76 bits per heavy atom. The zero-order valence-corrected chi connectivity index (χ0v) is 21.1. The Morgan fingerprint density at radius 1 is 1.18 bits per heavy atom. The van der Waals surface area contributed by atoms with Crippen LogP contribution in [0.4, 0.5) is 21.6 Å². The summed E-state index contributed by atoms with van der Waals surface area (Å²) >= 11 is 4.49. The van der Waals surface area contributed by atoms with Gasteiger partial charge in [0.25, 0.3) is 0 Å². The number of hydrogen-bond donors (Lipinski definition) is 1. The third-order valence-corrected chi connectivity index (χ3v) is 7.62. The van der Waals surface area contributed by atoms with Crippen LogP contribution in [0.25, 0.3) is 0 Å². The Bertz CT molecular complexity index is 1270. The standard InChI is InChI=1S/C23H23N5O2S3/c1-14-9-10-19(15(2)11-14)28(16(3)29)22-24-17(12-31-22)13-32-23-27-26-21(33-23)25-18-7-5-6-8-20(18)30-4/h5-12H,13H2,1-4H3,(H,25,26). The molecule has 0 aliphatic carbocycles. The number of anilines is 4. The lowest BCUT2D eigenvalue weighted by molar-refractivity contribution is -0.115. The number of aromatic nitrogens is 3. The lowest BCUT2D eigenvalue weighted by atomic mass is 10.1. The second kappa shape index (κ2) is 10.3. The van der Waals surface area contributed by atoms with Crippen LogP contribution in [0, 0.1) is 13.8 Å². The van der Waals surface area contributed by atoms with Gasteiger partial charge in [0.1, 0.15) is 5.75 Å². The summed E-state index contributed by atoms with van der Waals surface area (Å²) in [6.45, 7) is 5.61. The molecule has 0 unspecified atom stereocenters. The van der Waals surface area contributed by atoms with E-state index in [1.165, 1.54) is 22.7 Å². The van der Waals surface area contributed by atoms with Gasteiger partial charge in [-0.15, -0.1) is 21.5 Å². The molecular formula is C23H23N5O2S3. The van der Waals surface area contributed by atoms with Crippen molar-refractivity contribution in [1.82, 2.24) is 15.2 Å². The predicted molar refractivity (Wildman–Crippen MR) is 137 cm³/mol. The Morgan fingerprint density at radius 2 is 2.00 bits per heavy atom. The van der Waals surface area contributed by atoms with Crippen molar-refractivity contribution < 1.29 is 9.53 Å². The monoisotopic (exact) mass is 497 g/mol. The van der Waals surface area contributed by atoms with Gasteiger partial charge in [-0.1, -0.05) is 52.9 Å². The van der Waals surface area contributed by atoms with Crippen molar-refractivity contribution in [3.8, 4) is 5.75 Å². The van der Waals surface area contributed by atoms with E-state index in [1.54, 1.807) is 30.7 Å². The van der Waals surface area contributed by atoms with Crippen LogP contribution in [0.15, 0.2) is 52.2 Å². The predicted octanol–water partition coefficient (Wildman–Crippen LogP) is 6.34. The fourth-order valence-electron chi connectivity index (χ4n) is 3.25. The van der Waals surface area contributed by atoms with E-state index in [4.69, 9.17) is 9.72 Å². The number of amides is 1. The molecule has 0 radical (unpaired) electrons. The zero-order chi connectivity index (χ0) is 23.4. The van der Waals surface area contributed by atoms with Gasteiger partial charge in [0.2, 0.25) is 11.0 Å². The maximum absolute atomic E-state index is 12.4. The molecule has 170 valence electrons. The van der Waals surface area contributed by atoms with E-state index in [1.807, 2.05) is 55.6 Å². The Labute approximate surface area is 204 Å². The average Bonchev–Trinajstić information content (AvgIpc) is 3.44. The molecule has 0 aliphatic rings. The van der Waals surface area contributed by atoms with Gasteiger partial charge >= 0.3 is 0 Å². The van der Waals surface area contributed by atoms with Crippen molar-refractivity contribution in [2.75, 3.05) is 17.3 Å². The minimum absolute atomic E-state index is 0.0633. The molecule has 2 aromatic carbocycles. The number of carbonyl (C=O) groups excluding carboxylic acids is 1. The molecule has 0 aliphatic heterocycles. The molecule has 2 heterocycles. The lowest BCUT2D eigenvalue weighted by Gasteiger charge is -2.20. The number of methoxy groups -OCH3 is 1. The van der Waals surface area contributed by atoms with E-state index in [0.29, 0.717) is 16.0 Å². The molecule has 33 heavy (non-hydrogen) atoms. The molecule has 1 N–H and O–H groups in total. The molecule has 4 aromatic rings. The Hall–Kier alpha value is -2.95. The second-order valence-electron chi connectivity index (χ2n) is 7.25. The number of rotatable bonds is 8. The van der Waals surface area contributed by atoms with Crippen molar-refractivity contribution in [2.24, 2.45) is 0 Å². The molecule has 7 nitrogen and oxygen atoms in total. The summed E-state index contributed by atoms with van der Waals surface area (Å²) in [5.41, 5.74) is 4.80. The van der Waals surface area contributed by atoms with Gasteiger partial charge in [0.15, 0.2) is 9.47 Å². The first-order valence-corrected chi connectivity index (χ1v) is 12.8. The van der Waals surface area contributed by atoms with E-state index in [2.05, 4.69) is 21.6 Å². The van der Waals surface area contributed by atoms with E-state index < -0.39 is 0 Å². The van der Waals surface area contributed by atoms with Gasteiger partial charge in [-0.3, -0.25) is 9.69 Å². The third-order valence-electron chi connectivity index (χ3n) is 4.74. The topological polar surface area (TPSA) is 80.2 Å². The van der Waals surface area contributed by atoms with Gasteiger partial charge in [-0.05, 0) is 37.6 Å². The smallest absolute Gasteiger partial charge is 0.230 e. The van der Waals surface area contributed by atoms with E-state index in [9.17, 15) is 4.79 Å². The Balaban J connectivity index is 1.43. The highest BCUT2D eigenvalue weighted by molar-refractivity contribution is 8.00. The van der Waals surface area contributed by atoms with Crippen molar-refractivity contribution in [3.05, 3.63) is 64.7 Å². The molecule has 0 bridgehead atoms. The maximum Gasteiger partial charge on any atom is 0.230 e. The molecule has 0 fully saturated rings. The summed E-state index contributed by atoms with van der Waals surface area (Å²) in [5, 5.41) is 15.1.